The van der Waals surface area contributed by atoms with Gasteiger partial charge in [0.25, 0.3) is 0 Å². The van der Waals surface area contributed by atoms with E-state index in [1.165, 1.54) is 11.3 Å². The first-order valence-corrected chi connectivity index (χ1v) is 9.78. The van der Waals surface area contributed by atoms with Crippen molar-refractivity contribution < 1.29 is 9.53 Å². The van der Waals surface area contributed by atoms with E-state index in [1.54, 1.807) is 17.9 Å². The summed E-state index contributed by atoms with van der Waals surface area (Å²) in [6.45, 7) is 1.87. The highest BCUT2D eigenvalue weighted by Crippen LogP contribution is 2.31. The average Bonchev–Trinajstić information content (AvgIpc) is 3.26. The van der Waals surface area contributed by atoms with Crippen molar-refractivity contribution in [2.45, 2.75) is 13.3 Å². The molecule has 0 saturated carbocycles. The maximum absolute atomic E-state index is 12.5. The highest BCUT2D eigenvalue weighted by atomic mass is 35.5. The minimum Gasteiger partial charge on any atom is -0.497 e. The summed E-state index contributed by atoms with van der Waals surface area (Å²) < 4.78 is 7.75. The second-order valence-corrected chi connectivity index (χ2v) is 7.66. The predicted molar refractivity (Wildman–Crippen MR) is 112 cm³/mol. The minimum absolute atomic E-state index is 0.134. The smallest absolute Gasteiger partial charge is 0.229 e. The van der Waals surface area contributed by atoms with Gasteiger partial charge >= 0.3 is 0 Å². The molecule has 0 spiro atoms. The normalized spacial score (nSPS) is 11.0. The van der Waals surface area contributed by atoms with Crippen LogP contribution in [0.15, 0.2) is 48.5 Å². The average molecular weight is 413 g/mol. The number of methoxy groups -OCH3 is 1. The molecular weight excluding hydrogens is 396 g/mol. The number of aromatic nitrogens is 3. The van der Waals surface area contributed by atoms with Crippen molar-refractivity contribution >= 4 is 44.9 Å². The van der Waals surface area contributed by atoms with Crippen molar-refractivity contribution in [2.75, 3.05) is 12.4 Å². The van der Waals surface area contributed by atoms with Gasteiger partial charge in [0.15, 0.2) is 0 Å². The summed E-state index contributed by atoms with van der Waals surface area (Å²) in [6.07, 6.45) is 0.250. The van der Waals surface area contributed by atoms with E-state index in [4.69, 9.17) is 16.3 Å². The highest BCUT2D eigenvalue weighted by molar-refractivity contribution is 7.20. The van der Waals surface area contributed by atoms with Crippen LogP contribution >= 0.6 is 22.9 Å². The lowest BCUT2D eigenvalue weighted by Crippen LogP contribution is -2.17. The first kappa shape index (κ1) is 18.5. The number of carbonyl (C=O) groups excluding carboxylic acids is 1. The molecule has 0 radical (unpaired) electrons. The molecule has 28 heavy (non-hydrogen) atoms. The molecule has 1 amide bonds. The number of ether oxygens (including phenoxy) is 1. The van der Waals surface area contributed by atoms with Crippen LogP contribution in [0.3, 0.4) is 0 Å². The first-order chi connectivity index (χ1) is 13.5. The lowest BCUT2D eigenvalue weighted by molar-refractivity contribution is -0.115. The number of carbonyl (C=O) groups is 1. The molecule has 0 aliphatic carbocycles. The van der Waals surface area contributed by atoms with E-state index in [1.807, 2.05) is 49.4 Å². The number of para-hydroxylation sites is 1. The van der Waals surface area contributed by atoms with E-state index in [0.29, 0.717) is 16.0 Å². The Labute approximate surface area is 170 Å². The van der Waals surface area contributed by atoms with Crippen molar-refractivity contribution in [3.05, 3.63) is 64.8 Å². The molecule has 4 aromatic rings. The van der Waals surface area contributed by atoms with Gasteiger partial charge in [0.05, 0.1) is 28.9 Å². The van der Waals surface area contributed by atoms with Gasteiger partial charge in [0, 0.05) is 6.07 Å². The van der Waals surface area contributed by atoms with Gasteiger partial charge in [-0.25, -0.2) is 4.98 Å². The van der Waals surface area contributed by atoms with Gasteiger partial charge in [0.1, 0.15) is 17.1 Å². The third kappa shape index (κ3) is 3.72. The number of nitrogens with zero attached hydrogens (tertiary/aromatic N) is 3. The number of aryl methyl sites for hydroxylation is 1. The maximum atomic E-state index is 12.5. The lowest BCUT2D eigenvalue weighted by atomic mass is 10.1. The van der Waals surface area contributed by atoms with Crippen LogP contribution < -0.4 is 10.1 Å². The van der Waals surface area contributed by atoms with Crippen molar-refractivity contribution in [3.8, 4) is 10.9 Å². The molecule has 0 bridgehead atoms. The SMILES string of the molecule is COc1ccc(CC(=O)Nc2cc(C)nn2-c2nc3c(Cl)cccc3s2)cc1. The predicted octanol–water partition coefficient (Wildman–Crippen LogP) is 4.63. The number of thiazole rings is 1. The van der Waals surface area contributed by atoms with Gasteiger partial charge < -0.3 is 10.1 Å². The fourth-order valence-corrected chi connectivity index (χ4v) is 4.07. The largest absolute Gasteiger partial charge is 0.497 e. The molecule has 1 N–H and O–H groups in total. The summed E-state index contributed by atoms with van der Waals surface area (Å²) >= 11 is 7.70. The first-order valence-electron chi connectivity index (χ1n) is 8.58. The van der Waals surface area contributed by atoms with Gasteiger partial charge in [-0.05, 0) is 36.8 Å². The summed E-state index contributed by atoms with van der Waals surface area (Å²) in [5, 5.41) is 8.65. The summed E-state index contributed by atoms with van der Waals surface area (Å²) in [7, 11) is 1.61. The Balaban J connectivity index is 1.58. The number of fused-ring (bicyclic) bond motifs is 1. The van der Waals surface area contributed by atoms with Crippen LogP contribution in [-0.2, 0) is 11.2 Å². The van der Waals surface area contributed by atoms with E-state index in [-0.39, 0.29) is 12.3 Å². The van der Waals surface area contributed by atoms with Crippen LogP contribution in [0.25, 0.3) is 15.3 Å². The fraction of sp³-hybridized carbons (Fsp3) is 0.150. The second kappa shape index (κ2) is 7.61. The Kier molecular flexibility index (Phi) is 5.02. The Morgan fingerprint density at radius 1 is 1.25 bits per heavy atom. The fourth-order valence-electron chi connectivity index (χ4n) is 2.84. The van der Waals surface area contributed by atoms with Crippen LogP contribution in [0.1, 0.15) is 11.3 Å². The number of hydrogen-bond acceptors (Lipinski definition) is 5. The molecule has 6 nitrogen and oxygen atoms in total. The Morgan fingerprint density at radius 3 is 2.75 bits per heavy atom. The molecule has 2 heterocycles. The van der Waals surface area contributed by atoms with Crippen LogP contribution in [0.4, 0.5) is 5.82 Å². The quantitative estimate of drug-likeness (QED) is 0.518. The monoisotopic (exact) mass is 412 g/mol. The van der Waals surface area contributed by atoms with Gasteiger partial charge in [-0.1, -0.05) is 41.1 Å². The van der Waals surface area contributed by atoms with Gasteiger partial charge in [-0.15, -0.1) is 0 Å². The molecule has 0 saturated heterocycles. The number of rotatable bonds is 5. The number of nitrogens with one attached hydrogen (secondary N) is 1. The van der Waals surface area contributed by atoms with Crippen LogP contribution in [0.5, 0.6) is 5.75 Å². The summed E-state index contributed by atoms with van der Waals surface area (Å²) in [5.41, 5.74) is 2.41. The number of benzene rings is 2. The Hall–Kier alpha value is -2.90. The molecule has 4 rings (SSSR count). The van der Waals surface area contributed by atoms with Crippen molar-refractivity contribution in [3.63, 3.8) is 0 Å². The standard InChI is InChI=1S/C20H17ClN4O2S/c1-12-10-17(22-18(26)11-13-6-8-14(27-2)9-7-13)25(24-12)20-23-19-15(21)4-3-5-16(19)28-20/h3-10H,11H2,1-2H3,(H,22,26). The molecule has 142 valence electrons. The topological polar surface area (TPSA) is 69.0 Å². The summed E-state index contributed by atoms with van der Waals surface area (Å²) in [4.78, 5) is 17.1. The molecule has 0 aliphatic rings. The zero-order valence-electron chi connectivity index (χ0n) is 15.3. The van der Waals surface area contributed by atoms with Crippen LogP contribution in [0.2, 0.25) is 5.02 Å². The van der Waals surface area contributed by atoms with Crippen molar-refractivity contribution in [2.24, 2.45) is 0 Å². The van der Waals surface area contributed by atoms with E-state index in [0.717, 1.165) is 27.2 Å². The third-order valence-electron chi connectivity index (χ3n) is 4.16. The maximum Gasteiger partial charge on any atom is 0.229 e. The second-order valence-electron chi connectivity index (χ2n) is 6.24. The van der Waals surface area contributed by atoms with Crippen molar-refractivity contribution in [1.82, 2.24) is 14.8 Å². The number of halogens is 1. The summed E-state index contributed by atoms with van der Waals surface area (Å²) in [5.74, 6) is 1.20. The molecule has 8 heteroatoms. The van der Waals surface area contributed by atoms with Crippen LogP contribution in [-0.4, -0.2) is 27.8 Å². The highest BCUT2D eigenvalue weighted by Gasteiger charge is 2.15. The van der Waals surface area contributed by atoms with Gasteiger partial charge in [0.2, 0.25) is 11.0 Å². The van der Waals surface area contributed by atoms with Gasteiger partial charge in [-0.2, -0.15) is 9.78 Å². The van der Waals surface area contributed by atoms with Crippen LogP contribution in [0, 0.1) is 6.92 Å². The lowest BCUT2D eigenvalue weighted by Gasteiger charge is -2.07. The summed E-state index contributed by atoms with van der Waals surface area (Å²) in [6, 6.07) is 14.9. The molecule has 0 aliphatic heterocycles. The molecule has 0 fully saturated rings. The molecule has 2 aromatic carbocycles. The minimum atomic E-state index is -0.134. The van der Waals surface area contributed by atoms with E-state index < -0.39 is 0 Å². The van der Waals surface area contributed by atoms with E-state index >= 15 is 0 Å². The number of hydrogen-bond donors (Lipinski definition) is 1. The van der Waals surface area contributed by atoms with E-state index in [9.17, 15) is 4.79 Å². The molecular formula is C20H17ClN4O2S. The molecule has 0 unspecified atom stereocenters. The van der Waals surface area contributed by atoms with Gasteiger partial charge in [-0.3, -0.25) is 4.79 Å². The molecule has 0 atom stereocenters. The Morgan fingerprint density at radius 2 is 2.04 bits per heavy atom. The van der Waals surface area contributed by atoms with E-state index in [2.05, 4.69) is 15.4 Å². The zero-order valence-corrected chi connectivity index (χ0v) is 16.8. The molecule has 2 aromatic heterocycles. The Bertz CT molecular complexity index is 1150. The third-order valence-corrected chi connectivity index (χ3v) is 5.46. The number of amides is 1. The zero-order chi connectivity index (χ0) is 19.7. The van der Waals surface area contributed by atoms with Crippen molar-refractivity contribution in [1.29, 1.82) is 0 Å². The number of anilines is 1.